The van der Waals surface area contributed by atoms with Gasteiger partial charge in [0, 0.05) is 12.1 Å². The molecule has 1 N–H and O–H groups in total. The van der Waals surface area contributed by atoms with Crippen molar-refractivity contribution in [2.24, 2.45) is 0 Å². The van der Waals surface area contributed by atoms with Gasteiger partial charge in [0.15, 0.2) is 0 Å². The van der Waals surface area contributed by atoms with Crippen LogP contribution < -0.4 is 5.32 Å². The molecule has 1 aromatic carbocycles. The molecule has 2 aromatic rings. The Hall–Kier alpha value is -1.75. The molecule has 3 rings (SSSR count). The van der Waals surface area contributed by atoms with E-state index in [1.54, 1.807) is 6.07 Å². The molecule has 5 heteroatoms. The normalized spacial score (nSPS) is 15.1. The molecule has 0 bridgehead atoms. The van der Waals surface area contributed by atoms with E-state index in [2.05, 4.69) is 21.0 Å². The highest BCUT2D eigenvalue weighted by molar-refractivity contribution is 7.12. The van der Waals surface area contributed by atoms with E-state index in [4.69, 9.17) is 0 Å². The molecule has 0 fully saturated rings. The zero-order valence-electron chi connectivity index (χ0n) is 11.3. The fraction of sp³-hybridized carbons (Fsp3) is 0.400. The standard InChI is InChI=1S/C15H17N3OS/c19-15(16-9-8-11-4-2-1-3-5-11)12-6-7-14-13(10-12)17-18-20-14/h4,6-7,10H,1-3,5,8-9H2,(H,16,19). The van der Waals surface area contributed by atoms with Crippen molar-refractivity contribution in [3.63, 3.8) is 0 Å². The summed E-state index contributed by atoms with van der Waals surface area (Å²) < 4.78 is 4.89. The van der Waals surface area contributed by atoms with Crippen molar-refractivity contribution in [1.82, 2.24) is 14.9 Å². The first-order valence-electron chi connectivity index (χ1n) is 7.01. The van der Waals surface area contributed by atoms with Gasteiger partial charge in [-0.15, -0.1) is 5.10 Å². The second-order valence-corrected chi connectivity index (χ2v) is 5.86. The Kier molecular flexibility index (Phi) is 4.06. The summed E-state index contributed by atoms with van der Waals surface area (Å²) in [5.74, 6) is -0.0312. The summed E-state index contributed by atoms with van der Waals surface area (Å²) in [6.45, 7) is 0.706. The Labute approximate surface area is 122 Å². The third-order valence-corrected chi connectivity index (χ3v) is 4.33. The maximum Gasteiger partial charge on any atom is 0.251 e. The third kappa shape index (κ3) is 3.04. The highest BCUT2D eigenvalue weighted by Gasteiger charge is 2.09. The number of aromatic nitrogens is 2. The number of fused-ring (bicyclic) bond motifs is 1. The second kappa shape index (κ2) is 6.13. The van der Waals surface area contributed by atoms with E-state index in [1.807, 2.05) is 12.1 Å². The summed E-state index contributed by atoms with van der Waals surface area (Å²) in [5, 5.41) is 6.97. The Morgan fingerprint density at radius 2 is 2.30 bits per heavy atom. The fourth-order valence-corrected chi connectivity index (χ4v) is 3.03. The third-order valence-electron chi connectivity index (χ3n) is 3.63. The van der Waals surface area contributed by atoms with Crippen LogP contribution in [0.15, 0.2) is 29.8 Å². The van der Waals surface area contributed by atoms with Crippen LogP contribution >= 0.6 is 11.5 Å². The van der Waals surface area contributed by atoms with Gasteiger partial charge in [-0.05, 0) is 61.8 Å². The molecule has 20 heavy (non-hydrogen) atoms. The minimum Gasteiger partial charge on any atom is -0.352 e. The predicted molar refractivity (Wildman–Crippen MR) is 80.9 cm³/mol. The molecule has 1 heterocycles. The van der Waals surface area contributed by atoms with E-state index in [1.165, 1.54) is 42.8 Å². The quantitative estimate of drug-likeness (QED) is 0.878. The molecule has 0 atom stereocenters. The lowest BCUT2D eigenvalue weighted by Gasteiger charge is -2.12. The van der Waals surface area contributed by atoms with Crippen LogP contribution in [-0.2, 0) is 0 Å². The number of allylic oxidation sites excluding steroid dienone is 1. The van der Waals surface area contributed by atoms with Crippen LogP contribution in [0.4, 0.5) is 0 Å². The first-order valence-corrected chi connectivity index (χ1v) is 7.78. The Morgan fingerprint density at radius 1 is 1.35 bits per heavy atom. The minimum atomic E-state index is -0.0312. The first kappa shape index (κ1) is 13.2. The van der Waals surface area contributed by atoms with Crippen molar-refractivity contribution in [3.8, 4) is 0 Å². The van der Waals surface area contributed by atoms with E-state index < -0.39 is 0 Å². The molecule has 0 saturated heterocycles. The van der Waals surface area contributed by atoms with Crippen molar-refractivity contribution in [2.45, 2.75) is 32.1 Å². The number of rotatable bonds is 4. The average molecular weight is 287 g/mol. The first-order chi connectivity index (χ1) is 9.83. The van der Waals surface area contributed by atoms with E-state index >= 15 is 0 Å². The van der Waals surface area contributed by atoms with Gasteiger partial charge in [-0.25, -0.2) is 0 Å². The van der Waals surface area contributed by atoms with Gasteiger partial charge in [-0.1, -0.05) is 16.1 Å². The monoisotopic (exact) mass is 287 g/mol. The van der Waals surface area contributed by atoms with Crippen molar-refractivity contribution in [2.75, 3.05) is 6.54 Å². The predicted octanol–water partition coefficient (Wildman–Crippen LogP) is 3.31. The zero-order chi connectivity index (χ0) is 13.8. The van der Waals surface area contributed by atoms with Gasteiger partial charge in [-0.2, -0.15) is 0 Å². The van der Waals surface area contributed by atoms with Gasteiger partial charge in [0.2, 0.25) is 0 Å². The molecule has 4 nitrogen and oxygen atoms in total. The summed E-state index contributed by atoms with van der Waals surface area (Å²) in [6.07, 6.45) is 8.25. The summed E-state index contributed by atoms with van der Waals surface area (Å²) >= 11 is 1.34. The molecule has 1 aromatic heterocycles. The van der Waals surface area contributed by atoms with Crippen molar-refractivity contribution >= 4 is 27.7 Å². The summed E-state index contributed by atoms with van der Waals surface area (Å²) in [5.41, 5.74) is 2.93. The Balaban J connectivity index is 1.57. The number of nitrogens with one attached hydrogen (secondary N) is 1. The van der Waals surface area contributed by atoms with Crippen molar-refractivity contribution in [1.29, 1.82) is 0 Å². The Bertz CT molecular complexity index is 647. The van der Waals surface area contributed by atoms with Gasteiger partial charge in [-0.3, -0.25) is 4.79 Å². The molecular formula is C15H17N3OS. The van der Waals surface area contributed by atoms with Gasteiger partial charge in [0.25, 0.3) is 5.91 Å². The van der Waals surface area contributed by atoms with Crippen LogP contribution in [0.2, 0.25) is 0 Å². The summed E-state index contributed by atoms with van der Waals surface area (Å²) in [6, 6.07) is 5.53. The van der Waals surface area contributed by atoms with Crippen molar-refractivity contribution < 1.29 is 4.79 Å². The topological polar surface area (TPSA) is 54.9 Å². The second-order valence-electron chi connectivity index (χ2n) is 5.07. The van der Waals surface area contributed by atoms with E-state index in [9.17, 15) is 4.79 Å². The highest BCUT2D eigenvalue weighted by Crippen LogP contribution is 2.20. The van der Waals surface area contributed by atoms with E-state index in [-0.39, 0.29) is 5.91 Å². The van der Waals surface area contributed by atoms with E-state index in [0.717, 1.165) is 16.6 Å². The van der Waals surface area contributed by atoms with Crippen LogP contribution in [0, 0.1) is 0 Å². The molecule has 1 aliphatic rings. The molecular weight excluding hydrogens is 270 g/mol. The van der Waals surface area contributed by atoms with Crippen LogP contribution in [0.1, 0.15) is 42.5 Å². The van der Waals surface area contributed by atoms with Crippen LogP contribution in [0.5, 0.6) is 0 Å². The molecule has 0 unspecified atom stereocenters. The molecule has 1 aliphatic carbocycles. The number of amides is 1. The highest BCUT2D eigenvalue weighted by atomic mass is 32.1. The molecule has 0 spiro atoms. The number of carbonyl (C=O) groups is 1. The smallest absolute Gasteiger partial charge is 0.251 e. The molecule has 1 amide bonds. The van der Waals surface area contributed by atoms with Gasteiger partial charge >= 0.3 is 0 Å². The van der Waals surface area contributed by atoms with Gasteiger partial charge in [0.05, 0.1) is 4.70 Å². The Morgan fingerprint density at radius 3 is 3.15 bits per heavy atom. The number of hydrogen-bond acceptors (Lipinski definition) is 4. The summed E-state index contributed by atoms with van der Waals surface area (Å²) in [4.78, 5) is 12.1. The van der Waals surface area contributed by atoms with Gasteiger partial charge < -0.3 is 5.32 Å². The minimum absolute atomic E-state index is 0.0312. The number of carbonyl (C=O) groups excluding carboxylic acids is 1. The fourth-order valence-electron chi connectivity index (χ4n) is 2.49. The number of benzene rings is 1. The van der Waals surface area contributed by atoms with E-state index in [0.29, 0.717) is 12.1 Å². The lowest BCUT2D eigenvalue weighted by Crippen LogP contribution is -2.24. The average Bonchev–Trinajstić information content (AvgIpc) is 2.95. The molecule has 0 radical (unpaired) electrons. The van der Waals surface area contributed by atoms with Crippen molar-refractivity contribution in [3.05, 3.63) is 35.4 Å². The molecule has 0 saturated carbocycles. The molecule has 0 aliphatic heterocycles. The van der Waals surface area contributed by atoms with Crippen LogP contribution in [0.25, 0.3) is 10.2 Å². The summed E-state index contributed by atoms with van der Waals surface area (Å²) in [7, 11) is 0. The van der Waals surface area contributed by atoms with Crippen LogP contribution in [-0.4, -0.2) is 22.0 Å². The maximum atomic E-state index is 12.1. The lowest BCUT2D eigenvalue weighted by molar-refractivity contribution is 0.0954. The van der Waals surface area contributed by atoms with Gasteiger partial charge in [0.1, 0.15) is 5.52 Å². The molecule has 104 valence electrons. The zero-order valence-corrected chi connectivity index (χ0v) is 12.1. The maximum absolute atomic E-state index is 12.1. The largest absolute Gasteiger partial charge is 0.352 e. The SMILES string of the molecule is O=C(NCCC1=CCCCC1)c1ccc2snnc2c1. The number of nitrogens with zero attached hydrogens (tertiary/aromatic N) is 2. The lowest BCUT2D eigenvalue weighted by atomic mass is 9.97. The van der Waals surface area contributed by atoms with Crippen LogP contribution in [0.3, 0.4) is 0 Å². The number of hydrogen-bond donors (Lipinski definition) is 1.